The Morgan fingerprint density at radius 2 is 1.00 bits per heavy atom. The van der Waals surface area contributed by atoms with Crippen LogP contribution in [-0.4, -0.2) is 34.7 Å². The quantitative estimate of drug-likeness (QED) is 0.252. The molecule has 0 atom stereocenters. The third-order valence-corrected chi connectivity index (χ3v) is 0. The van der Waals surface area contributed by atoms with Crippen LogP contribution in [0.1, 0.15) is 4.28 Å². The number of hydrogen-bond donors (Lipinski definition) is 0. The Kier molecular flexibility index (Phi) is 158. The van der Waals surface area contributed by atoms with E-state index in [0.717, 1.165) is 0 Å². The molecular formula is H10Al2Li2. The summed E-state index contributed by atoms with van der Waals surface area (Å²) in [5.74, 6) is 0. The van der Waals surface area contributed by atoms with E-state index in [0.29, 0.717) is 0 Å². The van der Waals surface area contributed by atoms with E-state index in [2.05, 4.69) is 0 Å². The van der Waals surface area contributed by atoms with Gasteiger partial charge in [0.2, 0.25) is 0 Å². The van der Waals surface area contributed by atoms with Gasteiger partial charge in [-0.25, -0.2) is 0 Å². The normalized spacial score (nSPS) is 0. The van der Waals surface area contributed by atoms with Gasteiger partial charge in [0.05, 0.1) is 0 Å². The third-order valence-electron chi connectivity index (χ3n) is 0. The summed E-state index contributed by atoms with van der Waals surface area (Å²) in [7, 11) is 0. The molecule has 4 heteroatoms. The van der Waals surface area contributed by atoms with E-state index in [1.54, 1.807) is 0 Å². The summed E-state index contributed by atoms with van der Waals surface area (Å²) in [5, 5.41) is 0. The average Bonchev–Trinajstić information content (AvgIpc) is 0. The largest absolute Gasteiger partial charge is 1.00 e. The fraction of sp³-hybridized carbons (Fsp3) is 0. The van der Waals surface area contributed by atoms with Crippen molar-refractivity contribution in [1.82, 2.24) is 0 Å². The molecule has 0 aromatic rings. The van der Waals surface area contributed by atoms with Gasteiger partial charge in [-0.15, -0.1) is 0 Å². The molecule has 0 saturated carbocycles. The van der Waals surface area contributed by atoms with E-state index in [-0.39, 0.29) is 76.7 Å². The van der Waals surface area contributed by atoms with Gasteiger partial charge in [-0.05, 0) is 0 Å². The first-order chi connectivity index (χ1) is 0. The van der Waals surface area contributed by atoms with Crippen LogP contribution in [0.3, 0.4) is 0 Å². The Morgan fingerprint density at radius 3 is 1.00 bits per heavy atom. The van der Waals surface area contributed by atoms with Gasteiger partial charge in [0.15, 0.2) is 34.7 Å². The molecule has 0 N–H and O–H groups in total. The van der Waals surface area contributed by atoms with Crippen LogP contribution in [-0.2, 0) is 0 Å². The summed E-state index contributed by atoms with van der Waals surface area (Å²) in [6.07, 6.45) is 0. The molecule has 0 fully saturated rings. The first kappa shape index (κ1) is 33.9. The van der Waals surface area contributed by atoms with Gasteiger partial charge in [-0.3, -0.25) is 0 Å². The molecule has 0 aromatic carbocycles. The predicted molar refractivity (Wildman–Crippen MR) is 24.2 cm³/mol. The first-order valence-corrected chi connectivity index (χ1v) is 0. The zero-order valence-corrected chi connectivity index (χ0v) is 2.00. The molecule has 0 rings (SSSR count). The van der Waals surface area contributed by atoms with Crippen molar-refractivity contribution in [2.75, 3.05) is 0 Å². The summed E-state index contributed by atoms with van der Waals surface area (Å²) < 4.78 is 0. The van der Waals surface area contributed by atoms with Crippen LogP contribution in [0.2, 0.25) is 0 Å². The molecule has 4 heavy (non-hydrogen) atoms. The van der Waals surface area contributed by atoms with Gasteiger partial charge in [0.1, 0.15) is 0 Å². The van der Waals surface area contributed by atoms with E-state index in [1.807, 2.05) is 0 Å². The molecule has 0 saturated heterocycles. The Hall–Kier alpha value is 2.26. The fourth-order valence-corrected chi connectivity index (χ4v) is 0. The Balaban J connectivity index is 0. The average molecular weight is 77.9 g/mol. The van der Waals surface area contributed by atoms with Gasteiger partial charge in [0.25, 0.3) is 0 Å². The molecule has 0 aliphatic carbocycles. The molecule has 0 spiro atoms. The molecule has 0 unspecified atom stereocenters. The molecule has 0 aliphatic rings. The van der Waals surface area contributed by atoms with Gasteiger partial charge < -0.3 is 2.85 Å². The summed E-state index contributed by atoms with van der Waals surface area (Å²) in [6.45, 7) is 0. The van der Waals surface area contributed by atoms with Crippen LogP contribution in [0.25, 0.3) is 0 Å². The second kappa shape index (κ2) is 18.7. The topological polar surface area (TPSA) is 0 Å². The van der Waals surface area contributed by atoms with Crippen molar-refractivity contribution in [3.8, 4) is 0 Å². The molecule has 0 bridgehead atoms. The summed E-state index contributed by atoms with van der Waals surface area (Å²) >= 11 is 0. The minimum Gasteiger partial charge on any atom is -1.00 e. The van der Waals surface area contributed by atoms with Crippen LogP contribution < -0.4 is 37.7 Å². The molecule has 0 radical (unpaired) electrons. The van der Waals surface area contributed by atoms with Crippen molar-refractivity contribution < 1.29 is 42.0 Å². The van der Waals surface area contributed by atoms with Crippen molar-refractivity contribution in [3.63, 3.8) is 0 Å². The molecule has 0 nitrogen and oxygen atoms in total. The SMILES string of the molecule is [AlH3].[AlH3].[H-].[H-].[HH].[Li+].[Li+]. The summed E-state index contributed by atoms with van der Waals surface area (Å²) in [6, 6.07) is 0. The van der Waals surface area contributed by atoms with Crippen molar-refractivity contribution in [1.29, 1.82) is 0 Å². The molecule has 0 aliphatic heterocycles. The van der Waals surface area contributed by atoms with Gasteiger partial charge >= 0.3 is 37.7 Å². The minimum atomic E-state index is 0. The van der Waals surface area contributed by atoms with Crippen molar-refractivity contribution in [3.05, 3.63) is 0 Å². The zero-order chi connectivity index (χ0) is 0. The molecule has 0 heterocycles. The molecule has 0 aromatic heterocycles. The van der Waals surface area contributed by atoms with Crippen LogP contribution in [0, 0.1) is 0 Å². The fourth-order valence-electron chi connectivity index (χ4n) is 0. The minimum absolute atomic E-state index is 0. The molecule has 18 valence electrons. The molecular weight excluding hydrogens is 67.8 g/mol. The monoisotopic (exact) mass is 78.1 g/mol. The third kappa shape index (κ3) is 8.86. The standard InChI is InChI=1S/2Al.2Li.H2.8H/h;;;;1H;;;;;;;;/q;;2*+1;;;;;;;;2*-1. The van der Waals surface area contributed by atoms with Gasteiger partial charge in [0, 0.05) is 1.43 Å². The molecule has 0 amide bonds. The van der Waals surface area contributed by atoms with Gasteiger partial charge in [-0.2, -0.15) is 0 Å². The summed E-state index contributed by atoms with van der Waals surface area (Å²) in [4.78, 5) is 0. The van der Waals surface area contributed by atoms with Crippen LogP contribution >= 0.6 is 0 Å². The number of rotatable bonds is 0. The Labute approximate surface area is 76.2 Å². The van der Waals surface area contributed by atoms with E-state index in [1.165, 1.54) is 0 Å². The van der Waals surface area contributed by atoms with Crippen LogP contribution in [0.4, 0.5) is 0 Å². The Bertz CT molecular complexity index is 10.9. The summed E-state index contributed by atoms with van der Waals surface area (Å²) in [5.41, 5.74) is 0. The van der Waals surface area contributed by atoms with Crippen LogP contribution in [0.15, 0.2) is 0 Å². The maximum absolute atomic E-state index is 0. The van der Waals surface area contributed by atoms with Crippen molar-refractivity contribution in [2.45, 2.75) is 0 Å². The first-order valence-electron chi connectivity index (χ1n) is 0. The second-order valence-corrected chi connectivity index (χ2v) is 0. The zero-order valence-electron chi connectivity index (χ0n) is 4.00. The van der Waals surface area contributed by atoms with Gasteiger partial charge in [-0.1, -0.05) is 0 Å². The van der Waals surface area contributed by atoms with E-state index in [9.17, 15) is 0 Å². The Morgan fingerprint density at radius 1 is 1.00 bits per heavy atom. The predicted octanol–water partition coefficient (Wildman–Crippen LogP) is -7.89. The number of hydrogen-bond acceptors (Lipinski definition) is 0. The van der Waals surface area contributed by atoms with E-state index >= 15 is 0 Å². The maximum atomic E-state index is 0. The van der Waals surface area contributed by atoms with Crippen LogP contribution in [0.5, 0.6) is 0 Å². The second-order valence-electron chi connectivity index (χ2n) is 0. The van der Waals surface area contributed by atoms with Crippen molar-refractivity contribution >= 4 is 34.7 Å². The maximum Gasteiger partial charge on any atom is 1.00 e. The van der Waals surface area contributed by atoms with E-state index < -0.39 is 0 Å². The van der Waals surface area contributed by atoms with E-state index in [4.69, 9.17) is 0 Å². The smallest absolute Gasteiger partial charge is 1.00 e. The van der Waals surface area contributed by atoms with Crippen molar-refractivity contribution in [2.24, 2.45) is 0 Å².